The average Bonchev–Trinajstić information content (AvgIpc) is 3.04. The summed E-state index contributed by atoms with van der Waals surface area (Å²) in [4.78, 5) is 12.2. The summed E-state index contributed by atoms with van der Waals surface area (Å²) >= 11 is 0. The molecule has 1 aliphatic heterocycles. The summed E-state index contributed by atoms with van der Waals surface area (Å²) in [5.41, 5.74) is -0.407. The van der Waals surface area contributed by atoms with E-state index in [1.165, 1.54) is 6.07 Å². The number of fused-ring (bicyclic) bond motifs is 1. The van der Waals surface area contributed by atoms with Crippen LogP contribution in [0.3, 0.4) is 0 Å². The lowest BCUT2D eigenvalue weighted by Crippen LogP contribution is -2.32. The zero-order valence-corrected chi connectivity index (χ0v) is 15.1. The van der Waals surface area contributed by atoms with Crippen LogP contribution in [0.15, 0.2) is 42.5 Å². The van der Waals surface area contributed by atoms with E-state index in [-0.39, 0.29) is 12.2 Å². The summed E-state index contributed by atoms with van der Waals surface area (Å²) in [7, 11) is 0. The van der Waals surface area contributed by atoms with Crippen molar-refractivity contribution >= 4 is 12.0 Å². The number of ether oxygens (including phenoxy) is 1. The van der Waals surface area contributed by atoms with Crippen LogP contribution in [0.1, 0.15) is 42.9 Å². The third-order valence-corrected chi connectivity index (χ3v) is 4.95. The molecule has 2 aromatic carbocycles. The molecule has 2 aromatic rings. The predicted molar refractivity (Wildman–Crippen MR) is 98.2 cm³/mol. The highest BCUT2D eigenvalue weighted by Crippen LogP contribution is 2.46. The molecule has 1 heterocycles. The smallest absolute Gasteiger partial charge is 0.416 e. The lowest BCUT2D eigenvalue weighted by molar-refractivity contribution is -0.137. The number of anilines is 1. The SMILES string of the molecule is CCCCCNc1ccccc1C1(C=O)COc2ccc(C(F)(F)F)cc21. The zero-order valence-electron chi connectivity index (χ0n) is 15.1. The van der Waals surface area contributed by atoms with Crippen LogP contribution < -0.4 is 10.1 Å². The van der Waals surface area contributed by atoms with Gasteiger partial charge in [0.2, 0.25) is 0 Å². The van der Waals surface area contributed by atoms with Gasteiger partial charge in [-0.3, -0.25) is 0 Å². The quantitative estimate of drug-likeness (QED) is 0.533. The predicted octanol–water partition coefficient (Wildman–Crippen LogP) is 5.18. The third-order valence-electron chi connectivity index (χ3n) is 4.95. The van der Waals surface area contributed by atoms with Crippen LogP contribution in [0.4, 0.5) is 18.9 Å². The molecule has 0 fully saturated rings. The van der Waals surface area contributed by atoms with Crippen LogP contribution in [0.2, 0.25) is 0 Å². The fourth-order valence-corrected chi connectivity index (χ4v) is 3.46. The van der Waals surface area contributed by atoms with Gasteiger partial charge in [-0.15, -0.1) is 0 Å². The maximum absolute atomic E-state index is 13.2. The van der Waals surface area contributed by atoms with Gasteiger partial charge in [0, 0.05) is 17.8 Å². The maximum atomic E-state index is 13.2. The number of para-hydroxylation sites is 1. The highest BCUT2D eigenvalue weighted by atomic mass is 19.4. The van der Waals surface area contributed by atoms with Crippen LogP contribution in [0, 0.1) is 0 Å². The monoisotopic (exact) mass is 377 g/mol. The van der Waals surface area contributed by atoms with E-state index < -0.39 is 17.2 Å². The second-order valence-corrected chi connectivity index (χ2v) is 6.77. The molecule has 27 heavy (non-hydrogen) atoms. The molecule has 3 rings (SSSR count). The van der Waals surface area contributed by atoms with Crippen molar-refractivity contribution in [3.05, 3.63) is 59.2 Å². The Balaban J connectivity index is 2.03. The summed E-state index contributed by atoms with van der Waals surface area (Å²) < 4.78 is 45.2. The Hall–Kier alpha value is -2.50. The van der Waals surface area contributed by atoms with E-state index in [1.54, 1.807) is 12.1 Å². The molecule has 0 amide bonds. The van der Waals surface area contributed by atoms with Crippen LogP contribution in [-0.2, 0) is 16.4 Å². The van der Waals surface area contributed by atoms with Gasteiger partial charge in [0.1, 0.15) is 24.1 Å². The second-order valence-electron chi connectivity index (χ2n) is 6.77. The highest BCUT2D eigenvalue weighted by Gasteiger charge is 2.45. The Morgan fingerprint density at radius 3 is 2.63 bits per heavy atom. The summed E-state index contributed by atoms with van der Waals surface area (Å²) in [6.07, 6.45) is -0.641. The topological polar surface area (TPSA) is 38.3 Å². The van der Waals surface area contributed by atoms with Crippen molar-refractivity contribution in [2.24, 2.45) is 0 Å². The Kier molecular flexibility index (Phi) is 5.44. The number of halogens is 3. The van der Waals surface area contributed by atoms with Crippen molar-refractivity contribution in [2.45, 2.75) is 37.8 Å². The molecule has 6 heteroatoms. The molecule has 1 atom stereocenters. The van der Waals surface area contributed by atoms with Gasteiger partial charge in [0.05, 0.1) is 5.56 Å². The van der Waals surface area contributed by atoms with Crippen molar-refractivity contribution in [1.29, 1.82) is 0 Å². The maximum Gasteiger partial charge on any atom is 0.416 e. The van der Waals surface area contributed by atoms with E-state index in [1.807, 2.05) is 12.1 Å². The van der Waals surface area contributed by atoms with Crippen molar-refractivity contribution in [3.63, 3.8) is 0 Å². The fraction of sp³-hybridized carbons (Fsp3) is 0.381. The zero-order chi connectivity index (χ0) is 19.5. The van der Waals surface area contributed by atoms with Crippen molar-refractivity contribution in [2.75, 3.05) is 18.5 Å². The number of hydrogen-bond acceptors (Lipinski definition) is 3. The molecule has 1 N–H and O–H groups in total. The number of benzene rings is 2. The first-order valence-electron chi connectivity index (χ1n) is 9.06. The molecule has 0 radical (unpaired) electrons. The number of carbonyl (C=O) groups is 1. The number of carbonyl (C=O) groups excluding carboxylic acids is 1. The Morgan fingerprint density at radius 2 is 1.93 bits per heavy atom. The number of rotatable bonds is 7. The van der Waals surface area contributed by atoms with Crippen molar-refractivity contribution in [1.82, 2.24) is 0 Å². The Labute approximate surface area is 156 Å². The van der Waals surface area contributed by atoms with Crippen molar-refractivity contribution in [3.8, 4) is 5.75 Å². The van der Waals surface area contributed by atoms with E-state index in [4.69, 9.17) is 4.74 Å². The average molecular weight is 377 g/mol. The van der Waals surface area contributed by atoms with E-state index in [0.717, 1.165) is 43.6 Å². The molecule has 3 nitrogen and oxygen atoms in total. The normalized spacial score (nSPS) is 18.7. The van der Waals surface area contributed by atoms with E-state index in [9.17, 15) is 18.0 Å². The lowest BCUT2D eigenvalue weighted by atomic mass is 9.76. The summed E-state index contributed by atoms with van der Waals surface area (Å²) in [6, 6.07) is 10.5. The fourth-order valence-electron chi connectivity index (χ4n) is 3.46. The molecule has 0 aromatic heterocycles. The minimum atomic E-state index is -4.48. The minimum Gasteiger partial charge on any atom is -0.492 e. The minimum absolute atomic E-state index is 0.0131. The van der Waals surface area contributed by atoms with E-state index >= 15 is 0 Å². The third kappa shape index (κ3) is 3.66. The van der Waals surface area contributed by atoms with Crippen LogP contribution in [-0.4, -0.2) is 19.4 Å². The molecule has 144 valence electrons. The van der Waals surface area contributed by atoms with Gasteiger partial charge in [0.25, 0.3) is 0 Å². The standard InChI is InChI=1S/C21H22F3NO2/c1-2-3-6-11-25-18-8-5-4-7-16(18)20(13-26)14-27-19-10-9-15(12-17(19)20)21(22,23)24/h4-5,7-10,12-13,25H,2-3,6,11,14H2,1H3. The number of unbranched alkanes of at least 4 members (excludes halogenated alkanes) is 2. The Morgan fingerprint density at radius 1 is 1.15 bits per heavy atom. The van der Waals surface area contributed by atoms with E-state index in [0.29, 0.717) is 17.6 Å². The summed E-state index contributed by atoms with van der Waals surface area (Å²) in [5.74, 6) is 0.316. The number of hydrogen-bond donors (Lipinski definition) is 1. The first kappa shape index (κ1) is 19.3. The molecule has 1 unspecified atom stereocenters. The van der Waals surface area contributed by atoms with Gasteiger partial charge in [-0.25, -0.2) is 0 Å². The molecular formula is C21H22F3NO2. The molecule has 0 bridgehead atoms. The largest absolute Gasteiger partial charge is 0.492 e. The summed E-state index contributed by atoms with van der Waals surface area (Å²) in [6.45, 7) is 2.83. The lowest BCUT2D eigenvalue weighted by Gasteiger charge is -2.25. The van der Waals surface area contributed by atoms with Gasteiger partial charge in [0.15, 0.2) is 0 Å². The van der Waals surface area contributed by atoms with Crippen LogP contribution >= 0.6 is 0 Å². The first-order valence-corrected chi connectivity index (χ1v) is 9.06. The molecule has 0 saturated carbocycles. The van der Waals surface area contributed by atoms with Crippen molar-refractivity contribution < 1.29 is 22.7 Å². The van der Waals surface area contributed by atoms with Gasteiger partial charge >= 0.3 is 6.18 Å². The second kappa shape index (κ2) is 7.62. The van der Waals surface area contributed by atoms with Gasteiger partial charge in [-0.2, -0.15) is 13.2 Å². The van der Waals surface area contributed by atoms with Crippen LogP contribution in [0.5, 0.6) is 5.75 Å². The molecule has 0 aliphatic carbocycles. The number of aldehydes is 1. The van der Waals surface area contributed by atoms with E-state index in [2.05, 4.69) is 12.2 Å². The molecule has 0 saturated heterocycles. The first-order chi connectivity index (χ1) is 12.9. The summed E-state index contributed by atoms with van der Waals surface area (Å²) in [5, 5.41) is 3.32. The highest BCUT2D eigenvalue weighted by molar-refractivity contribution is 5.82. The Bertz CT molecular complexity index is 819. The molecule has 1 aliphatic rings. The molecule has 0 spiro atoms. The van der Waals surface area contributed by atoms with Gasteiger partial charge in [-0.1, -0.05) is 38.0 Å². The number of alkyl halides is 3. The van der Waals surface area contributed by atoms with Gasteiger partial charge < -0.3 is 14.8 Å². The molecular weight excluding hydrogens is 355 g/mol. The number of nitrogens with one attached hydrogen (secondary N) is 1. The van der Waals surface area contributed by atoms with Crippen LogP contribution in [0.25, 0.3) is 0 Å². The van der Waals surface area contributed by atoms with Gasteiger partial charge in [-0.05, 0) is 36.2 Å².